The van der Waals surface area contributed by atoms with Gasteiger partial charge in [-0.05, 0) is 30.3 Å². The fraction of sp³-hybridized carbons (Fsp3) is 0.273. The van der Waals surface area contributed by atoms with Gasteiger partial charge in [-0.25, -0.2) is 9.36 Å². The molecule has 0 radical (unpaired) electrons. The molecule has 0 aliphatic heterocycles. The maximum Gasteiger partial charge on any atom is 0.442 e. The van der Waals surface area contributed by atoms with Gasteiger partial charge in [0.2, 0.25) is 11.8 Å². The molecule has 2 aromatic carbocycles. The highest BCUT2D eigenvalue weighted by molar-refractivity contribution is 5.94. The topological polar surface area (TPSA) is 125 Å². The van der Waals surface area contributed by atoms with E-state index >= 15 is 0 Å². The molecule has 3 aromatic rings. The van der Waals surface area contributed by atoms with Crippen molar-refractivity contribution in [2.24, 2.45) is 0 Å². The molecule has 11 heteroatoms. The van der Waals surface area contributed by atoms with Crippen molar-refractivity contribution in [3.05, 3.63) is 53.0 Å². The van der Waals surface area contributed by atoms with E-state index in [1.807, 2.05) is 0 Å². The van der Waals surface area contributed by atoms with Crippen molar-refractivity contribution in [2.75, 3.05) is 40.2 Å². The van der Waals surface area contributed by atoms with E-state index < -0.39 is 17.6 Å². The first-order valence-electron chi connectivity index (χ1n) is 9.83. The number of amides is 2. The summed E-state index contributed by atoms with van der Waals surface area (Å²) in [4.78, 5) is 38.4. The standard InChI is InChI=1S/C22H24N4O7/c1-25(12-19(27)23-15-6-5-7-16(11-15)30-2)20(28)13-26-21(24-33-22(26)29)14-8-9-17(31-3)18(10-14)32-4/h5-11H,12-13H2,1-4H3,(H,23,27). The van der Waals surface area contributed by atoms with Crippen molar-refractivity contribution in [3.63, 3.8) is 0 Å². The van der Waals surface area contributed by atoms with Crippen molar-refractivity contribution in [3.8, 4) is 28.6 Å². The Labute approximate surface area is 189 Å². The molecular weight excluding hydrogens is 432 g/mol. The van der Waals surface area contributed by atoms with Gasteiger partial charge in [0.05, 0.1) is 27.9 Å². The number of nitrogens with one attached hydrogen (secondary N) is 1. The number of anilines is 1. The molecule has 0 spiro atoms. The number of ether oxygens (including phenoxy) is 3. The summed E-state index contributed by atoms with van der Waals surface area (Å²) in [5.74, 6) is -0.0384. The zero-order chi connectivity index (χ0) is 24.0. The van der Waals surface area contributed by atoms with E-state index in [0.717, 1.165) is 4.57 Å². The lowest BCUT2D eigenvalue weighted by molar-refractivity contribution is -0.133. The molecular formula is C22H24N4O7. The highest BCUT2D eigenvalue weighted by Crippen LogP contribution is 2.31. The lowest BCUT2D eigenvalue weighted by Gasteiger charge is -2.17. The van der Waals surface area contributed by atoms with E-state index in [4.69, 9.17) is 18.7 Å². The molecule has 2 amide bonds. The predicted octanol–water partition coefficient (Wildman–Crippen LogP) is 1.63. The van der Waals surface area contributed by atoms with E-state index in [9.17, 15) is 14.4 Å². The SMILES string of the molecule is COc1cccc(NC(=O)CN(C)C(=O)Cn2c(-c3ccc(OC)c(OC)c3)noc2=O)c1. The van der Waals surface area contributed by atoms with Gasteiger partial charge in [-0.1, -0.05) is 11.2 Å². The van der Waals surface area contributed by atoms with Crippen LogP contribution in [-0.2, 0) is 16.1 Å². The van der Waals surface area contributed by atoms with Gasteiger partial charge in [0, 0.05) is 24.4 Å². The molecule has 0 bridgehead atoms. The van der Waals surface area contributed by atoms with Gasteiger partial charge in [0.25, 0.3) is 0 Å². The molecule has 1 N–H and O–H groups in total. The first-order chi connectivity index (χ1) is 15.9. The Kier molecular flexibility index (Phi) is 7.34. The molecule has 0 saturated heterocycles. The summed E-state index contributed by atoms with van der Waals surface area (Å²) in [6.07, 6.45) is 0. The number of aromatic nitrogens is 2. The summed E-state index contributed by atoms with van der Waals surface area (Å²) < 4.78 is 21.5. The molecule has 3 rings (SSSR count). The Morgan fingerprint density at radius 1 is 1.06 bits per heavy atom. The van der Waals surface area contributed by atoms with Crippen LogP contribution in [0.25, 0.3) is 11.4 Å². The summed E-state index contributed by atoms with van der Waals surface area (Å²) in [7, 11) is 5.97. The molecule has 1 aromatic heterocycles. The molecule has 11 nitrogen and oxygen atoms in total. The van der Waals surface area contributed by atoms with Crippen molar-refractivity contribution in [1.29, 1.82) is 0 Å². The van der Waals surface area contributed by atoms with Crippen LogP contribution in [0.5, 0.6) is 17.2 Å². The van der Waals surface area contributed by atoms with Crippen LogP contribution < -0.4 is 25.3 Å². The van der Waals surface area contributed by atoms with Crippen LogP contribution in [0.15, 0.2) is 51.8 Å². The van der Waals surface area contributed by atoms with Gasteiger partial charge in [0.1, 0.15) is 12.3 Å². The number of hydrogen-bond acceptors (Lipinski definition) is 8. The van der Waals surface area contributed by atoms with Gasteiger partial charge in [-0.2, -0.15) is 0 Å². The second kappa shape index (κ2) is 10.4. The summed E-state index contributed by atoms with van der Waals surface area (Å²) >= 11 is 0. The predicted molar refractivity (Wildman–Crippen MR) is 119 cm³/mol. The third-order valence-corrected chi connectivity index (χ3v) is 4.78. The van der Waals surface area contributed by atoms with Crippen LogP contribution in [-0.4, -0.2) is 61.4 Å². The monoisotopic (exact) mass is 456 g/mol. The molecule has 174 valence electrons. The van der Waals surface area contributed by atoms with Gasteiger partial charge in [0.15, 0.2) is 17.3 Å². The van der Waals surface area contributed by atoms with Gasteiger partial charge in [-0.15, -0.1) is 0 Å². The largest absolute Gasteiger partial charge is 0.497 e. The minimum atomic E-state index is -0.803. The Balaban J connectivity index is 1.71. The number of likely N-dealkylation sites (N-methyl/N-ethyl adjacent to an activating group) is 1. The second-order valence-corrected chi connectivity index (χ2v) is 6.96. The summed E-state index contributed by atoms with van der Waals surface area (Å²) in [6, 6.07) is 11.8. The van der Waals surface area contributed by atoms with Crippen LogP contribution in [0.2, 0.25) is 0 Å². The lowest BCUT2D eigenvalue weighted by Crippen LogP contribution is -2.38. The van der Waals surface area contributed by atoms with Crippen molar-refractivity contribution < 1.29 is 28.3 Å². The van der Waals surface area contributed by atoms with E-state index in [1.54, 1.807) is 42.5 Å². The lowest BCUT2D eigenvalue weighted by atomic mass is 10.2. The summed E-state index contributed by atoms with van der Waals surface area (Å²) in [5.41, 5.74) is 1.02. The third kappa shape index (κ3) is 5.50. The Morgan fingerprint density at radius 3 is 2.52 bits per heavy atom. The van der Waals surface area contributed by atoms with Crippen molar-refractivity contribution in [2.45, 2.75) is 6.54 Å². The maximum absolute atomic E-state index is 12.7. The first-order valence-corrected chi connectivity index (χ1v) is 9.83. The Hall–Kier alpha value is -4.28. The van der Waals surface area contributed by atoms with Crippen molar-refractivity contribution in [1.82, 2.24) is 14.6 Å². The number of rotatable bonds is 9. The first kappa shape index (κ1) is 23.4. The van der Waals surface area contributed by atoms with E-state index in [0.29, 0.717) is 28.5 Å². The quantitative estimate of drug-likeness (QED) is 0.515. The molecule has 0 aliphatic rings. The minimum absolute atomic E-state index is 0.142. The second-order valence-electron chi connectivity index (χ2n) is 6.96. The zero-order valence-electron chi connectivity index (χ0n) is 18.7. The smallest absolute Gasteiger partial charge is 0.442 e. The molecule has 33 heavy (non-hydrogen) atoms. The number of methoxy groups -OCH3 is 3. The molecule has 0 aliphatic carbocycles. The molecule has 0 atom stereocenters. The molecule has 1 heterocycles. The number of carbonyl (C=O) groups excluding carboxylic acids is 2. The zero-order valence-corrected chi connectivity index (χ0v) is 18.7. The third-order valence-electron chi connectivity index (χ3n) is 4.78. The van der Waals surface area contributed by atoms with Crippen LogP contribution in [0, 0.1) is 0 Å². The highest BCUT2D eigenvalue weighted by Gasteiger charge is 2.20. The minimum Gasteiger partial charge on any atom is -0.497 e. The fourth-order valence-corrected chi connectivity index (χ4v) is 3.05. The molecule has 0 fully saturated rings. The van der Waals surface area contributed by atoms with E-state index in [1.165, 1.54) is 33.3 Å². The highest BCUT2D eigenvalue weighted by atomic mass is 16.5. The van der Waals surface area contributed by atoms with Crippen LogP contribution >= 0.6 is 0 Å². The Morgan fingerprint density at radius 2 is 1.82 bits per heavy atom. The number of nitrogens with zero attached hydrogens (tertiary/aromatic N) is 3. The van der Waals surface area contributed by atoms with Gasteiger partial charge in [-0.3, -0.25) is 14.1 Å². The molecule has 0 unspecified atom stereocenters. The van der Waals surface area contributed by atoms with Gasteiger partial charge >= 0.3 is 5.76 Å². The Bertz CT molecular complexity index is 1200. The fourth-order valence-electron chi connectivity index (χ4n) is 3.05. The molecule has 0 saturated carbocycles. The van der Waals surface area contributed by atoms with Gasteiger partial charge < -0.3 is 24.4 Å². The number of hydrogen-bond donors (Lipinski definition) is 1. The van der Waals surface area contributed by atoms with Crippen molar-refractivity contribution >= 4 is 17.5 Å². The summed E-state index contributed by atoms with van der Waals surface area (Å²) in [6.45, 7) is -0.587. The average Bonchev–Trinajstić information content (AvgIpc) is 3.18. The van der Waals surface area contributed by atoms with Crippen LogP contribution in [0.1, 0.15) is 0 Å². The number of benzene rings is 2. The van der Waals surface area contributed by atoms with Crippen LogP contribution in [0.4, 0.5) is 5.69 Å². The number of carbonyl (C=O) groups is 2. The van der Waals surface area contributed by atoms with Crippen LogP contribution in [0.3, 0.4) is 0 Å². The normalized spacial score (nSPS) is 10.4. The van der Waals surface area contributed by atoms with E-state index in [-0.39, 0.29) is 18.9 Å². The van der Waals surface area contributed by atoms with E-state index in [2.05, 4.69) is 10.5 Å². The average molecular weight is 456 g/mol. The maximum atomic E-state index is 12.7. The summed E-state index contributed by atoms with van der Waals surface area (Å²) in [5, 5.41) is 6.47.